The minimum absolute atomic E-state index is 0.0942. The topological polar surface area (TPSA) is 75.7 Å². The Kier molecular flexibility index (Phi) is 5.94. The van der Waals surface area contributed by atoms with Crippen LogP contribution in [0.25, 0.3) is 0 Å². The van der Waals surface area contributed by atoms with Gasteiger partial charge in [0.1, 0.15) is 4.88 Å². The lowest BCUT2D eigenvalue weighted by Crippen LogP contribution is -2.24. The van der Waals surface area contributed by atoms with Crippen LogP contribution in [0, 0.1) is 0 Å². The lowest BCUT2D eigenvalue weighted by Gasteiger charge is -2.16. The molecule has 2 aliphatic rings. The summed E-state index contributed by atoms with van der Waals surface area (Å²) in [4.78, 5) is 40.0. The summed E-state index contributed by atoms with van der Waals surface area (Å²) < 4.78 is 5.21. The van der Waals surface area contributed by atoms with E-state index < -0.39 is 11.9 Å². The maximum absolute atomic E-state index is 12.3. The first-order valence-corrected chi connectivity index (χ1v) is 10.9. The molecule has 4 rings (SSSR count). The maximum atomic E-state index is 12.3. The number of rotatable bonds is 5. The number of hydrogen-bond donors (Lipinski definition) is 1. The minimum Gasteiger partial charge on any atom is -0.451 e. The highest BCUT2D eigenvalue weighted by Gasteiger charge is 2.22. The second kappa shape index (κ2) is 8.78. The molecular weight excluding hydrogens is 388 g/mol. The van der Waals surface area contributed by atoms with Crippen LogP contribution < -0.4 is 10.2 Å². The van der Waals surface area contributed by atoms with Crippen LogP contribution in [0.3, 0.4) is 0 Å². The van der Waals surface area contributed by atoms with Gasteiger partial charge in [-0.15, -0.1) is 11.3 Å². The summed E-state index contributed by atoms with van der Waals surface area (Å²) in [6.45, 7) is 0.354. The SMILES string of the molecule is O=C(COC(=O)c1cc2c(s1)CCCCC2)Nc1cccc(N2CCCC2=O)c1. The van der Waals surface area contributed by atoms with Crippen molar-refractivity contribution in [3.8, 4) is 0 Å². The summed E-state index contributed by atoms with van der Waals surface area (Å²) in [6.07, 6.45) is 6.97. The van der Waals surface area contributed by atoms with Crippen molar-refractivity contribution < 1.29 is 19.1 Å². The Bertz CT molecular complexity index is 913. The van der Waals surface area contributed by atoms with E-state index in [1.54, 1.807) is 23.1 Å². The standard InChI is InChI=1S/C22H24N2O4S/c25-20(23-16-7-4-8-17(13-16)24-11-5-10-21(24)26)14-28-22(27)19-12-15-6-2-1-3-9-18(15)29-19/h4,7-8,12-13H,1-3,5-6,9-11,14H2,(H,23,25). The third-order valence-electron chi connectivity index (χ3n) is 5.30. The molecule has 29 heavy (non-hydrogen) atoms. The average molecular weight is 413 g/mol. The van der Waals surface area contributed by atoms with Crippen LogP contribution in [0.5, 0.6) is 0 Å². The number of thiophene rings is 1. The molecule has 1 aromatic carbocycles. The van der Waals surface area contributed by atoms with Crippen molar-refractivity contribution in [3.63, 3.8) is 0 Å². The molecular formula is C22H24N2O4S. The van der Waals surface area contributed by atoms with Gasteiger partial charge in [-0.05, 0) is 61.9 Å². The number of ether oxygens (including phenoxy) is 1. The monoisotopic (exact) mass is 412 g/mol. The molecule has 1 saturated heterocycles. The van der Waals surface area contributed by atoms with Crippen LogP contribution >= 0.6 is 11.3 Å². The van der Waals surface area contributed by atoms with Crippen molar-refractivity contribution in [3.05, 3.63) is 45.6 Å². The van der Waals surface area contributed by atoms with Crippen LogP contribution in [0.1, 0.15) is 52.2 Å². The zero-order valence-electron chi connectivity index (χ0n) is 16.2. The van der Waals surface area contributed by atoms with Crippen LogP contribution in [0.4, 0.5) is 11.4 Å². The fourth-order valence-corrected chi connectivity index (χ4v) is 4.99. The van der Waals surface area contributed by atoms with Gasteiger partial charge < -0.3 is 15.0 Å². The maximum Gasteiger partial charge on any atom is 0.348 e. The van der Waals surface area contributed by atoms with Gasteiger partial charge in [-0.25, -0.2) is 4.79 Å². The molecule has 0 spiro atoms. The number of carbonyl (C=O) groups is 3. The summed E-state index contributed by atoms with van der Waals surface area (Å²) in [5.74, 6) is -0.757. The molecule has 2 heterocycles. The molecule has 0 saturated carbocycles. The summed E-state index contributed by atoms with van der Waals surface area (Å²) in [5.41, 5.74) is 2.59. The van der Waals surface area contributed by atoms with E-state index in [4.69, 9.17) is 4.74 Å². The predicted molar refractivity (Wildman–Crippen MR) is 113 cm³/mol. The van der Waals surface area contributed by atoms with E-state index in [1.807, 2.05) is 12.1 Å². The van der Waals surface area contributed by atoms with E-state index in [0.29, 0.717) is 23.5 Å². The van der Waals surface area contributed by atoms with Gasteiger partial charge in [0, 0.05) is 29.2 Å². The molecule has 7 heteroatoms. The molecule has 0 atom stereocenters. The Morgan fingerprint density at radius 2 is 1.93 bits per heavy atom. The number of esters is 1. The number of fused-ring (bicyclic) bond motifs is 1. The van der Waals surface area contributed by atoms with Crippen molar-refractivity contribution in [2.24, 2.45) is 0 Å². The number of anilines is 2. The molecule has 1 aromatic heterocycles. The molecule has 0 unspecified atom stereocenters. The molecule has 1 aliphatic heterocycles. The number of carbonyl (C=O) groups excluding carboxylic acids is 3. The van der Waals surface area contributed by atoms with E-state index in [0.717, 1.165) is 37.8 Å². The molecule has 2 amide bonds. The van der Waals surface area contributed by atoms with Gasteiger partial charge in [0.2, 0.25) is 5.91 Å². The van der Waals surface area contributed by atoms with Crippen LogP contribution in [0.15, 0.2) is 30.3 Å². The van der Waals surface area contributed by atoms with Gasteiger partial charge in [0.05, 0.1) is 0 Å². The van der Waals surface area contributed by atoms with E-state index in [-0.39, 0.29) is 12.5 Å². The number of aryl methyl sites for hydroxylation is 2. The Balaban J connectivity index is 1.32. The zero-order valence-corrected chi connectivity index (χ0v) is 17.1. The Morgan fingerprint density at radius 1 is 1.07 bits per heavy atom. The third-order valence-corrected chi connectivity index (χ3v) is 6.51. The first-order valence-electron chi connectivity index (χ1n) is 10.1. The van der Waals surface area contributed by atoms with Crippen molar-refractivity contribution in [1.82, 2.24) is 0 Å². The summed E-state index contributed by atoms with van der Waals surface area (Å²) in [7, 11) is 0. The van der Waals surface area contributed by atoms with E-state index >= 15 is 0 Å². The first kappa shape index (κ1) is 19.6. The number of nitrogens with one attached hydrogen (secondary N) is 1. The summed E-state index contributed by atoms with van der Waals surface area (Å²) in [6, 6.07) is 9.07. The molecule has 1 N–H and O–H groups in total. The highest BCUT2D eigenvalue weighted by Crippen LogP contribution is 2.29. The van der Waals surface area contributed by atoms with E-state index in [9.17, 15) is 14.4 Å². The van der Waals surface area contributed by atoms with Gasteiger partial charge in [-0.2, -0.15) is 0 Å². The number of benzene rings is 1. The average Bonchev–Trinajstić information content (AvgIpc) is 3.26. The smallest absolute Gasteiger partial charge is 0.348 e. The van der Waals surface area contributed by atoms with Crippen LogP contribution in [0.2, 0.25) is 0 Å². The van der Waals surface area contributed by atoms with Crippen molar-refractivity contribution in [2.75, 3.05) is 23.4 Å². The van der Waals surface area contributed by atoms with Crippen LogP contribution in [-0.2, 0) is 27.2 Å². The molecule has 152 valence electrons. The molecule has 6 nitrogen and oxygen atoms in total. The van der Waals surface area contributed by atoms with Crippen molar-refractivity contribution >= 4 is 40.5 Å². The minimum atomic E-state index is -0.449. The summed E-state index contributed by atoms with van der Waals surface area (Å²) in [5, 5.41) is 2.73. The Morgan fingerprint density at radius 3 is 2.76 bits per heavy atom. The highest BCUT2D eigenvalue weighted by atomic mass is 32.1. The zero-order chi connectivity index (χ0) is 20.2. The summed E-state index contributed by atoms with van der Waals surface area (Å²) >= 11 is 1.48. The third kappa shape index (κ3) is 4.67. The highest BCUT2D eigenvalue weighted by molar-refractivity contribution is 7.14. The second-order valence-corrected chi connectivity index (χ2v) is 8.58. The largest absolute Gasteiger partial charge is 0.451 e. The van der Waals surface area contributed by atoms with Gasteiger partial charge in [0.15, 0.2) is 6.61 Å². The Hall–Kier alpha value is -2.67. The molecule has 2 aromatic rings. The number of amides is 2. The molecule has 1 fully saturated rings. The quantitative estimate of drug-likeness (QED) is 0.596. The fraction of sp³-hybridized carbons (Fsp3) is 0.409. The van der Waals surface area contributed by atoms with E-state index in [1.165, 1.54) is 28.2 Å². The predicted octanol–water partition coefficient (Wildman–Crippen LogP) is 3.94. The van der Waals surface area contributed by atoms with Crippen LogP contribution in [-0.4, -0.2) is 30.9 Å². The molecule has 0 radical (unpaired) electrons. The van der Waals surface area contributed by atoms with Gasteiger partial charge in [-0.3, -0.25) is 9.59 Å². The second-order valence-electron chi connectivity index (χ2n) is 7.44. The normalized spacial score (nSPS) is 16.3. The van der Waals surface area contributed by atoms with Crippen molar-refractivity contribution in [2.45, 2.75) is 44.9 Å². The van der Waals surface area contributed by atoms with Gasteiger partial charge in [-0.1, -0.05) is 12.5 Å². The molecule has 0 bridgehead atoms. The van der Waals surface area contributed by atoms with Gasteiger partial charge >= 0.3 is 5.97 Å². The van der Waals surface area contributed by atoms with Gasteiger partial charge in [0.25, 0.3) is 5.91 Å². The Labute approximate surface area is 173 Å². The number of hydrogen-bond acceptors (Lipinski definition) is 5. The molecule has 1 aliphatic carbocycles. The number of nitrogens with zero attached hydrogens (tertiary/aromatic N) is 1. The first-order chi connectivity index (χ1) is 14.1. The fourth-order valence-electron chi connectivity index (χ4n) is 3.84. The lowest BCUT2D eigenvalue weighted by atomic mass is 10.1. The lowest BCUT2D eigenvalue weighted by molar-refractivity contribution is -0.119. The van der Waals surface area contributed by atoms with Crippen molar-refractivity contribution in [1.29, 1.82) is 0 Å². The van der Waals surface area contributed by atoms with E-state index in [2.05, 4.69) is 5.32 Å².